The third-order valence-corrected chi connectivity index (χ3v) is 6.70. The summed E-state index contributed by atoms with van der Waals surface area (Å²) in [6.07, 6.45) is 11.4. The number of aromatic nitrogens is 2. The Morgan fingerprint density at radius 3 is 2.73 bits per heavy atom. The highest BCUT2D eigenvalue weighted by Gasteiger charge is 2.38. The van der Waals surface area contributed by atoms with Crippen molar-refractivity contribution in [1.29, 1.82) is 0 Å². The molecule has 0 aliphatic heterocycles. The second kappa shape index (κ2) is 7.74. The average molecular weight is 372 g/mol. The fraction of sp³-hybridized carbons (Fsp3) is 0.550. The lowest BCUT2D eigenvalue weighted by Crippen LogP contribution is -2.49. The summed E-state index contributed by atoms with van der Waals surface area (Å²) in [4.78, 5) is 30.5. The van der Waals surface area contributed by atoms with Gasteiger partial charge in [0.1, 0.15) is 0 Å². The molecule has 2 aliphatic rings. The van der Waals surface area contributed by atoms with Crippen molar-refractivity contribution >= 4 is 23.0 Å². The number of thiophene rings is 1. The third-order valence-electron chi connectivity index (χ3n) is 5.81. The monoisotopic (exact) mass is 371 g/mol. The first kappa shape index (κ1) is 17.5. The SMILES string of the molecule is O=C(c1cccs1)[C@H]1CCCC[C@H]1C(=O)NC1CC(Cn2ccnc2)C1. The molecule has 5 nitrogen and oxygen atoms in total. The number of hydrogen-bond donors (Lipinski definition) is 1. The van der Waals surface area contributed by atoms with E-state index in [4.69, 9.17) is 0 Å². The highest BCUT2D eigenvalue weighted by Crippen LogP contribution is 2.35. The number of rotatable bonds is 6. The molecule has 2 atom stereocenters. The molecule has 0 unspecified atom stereocenters. The molecule has 2 aromatic rings. The lowest BCUT2D eigenvalue weighted by Gasteiger charge is -2.38. The number of carbonyl (C=O) groups excluding carboxylic acids is 2. The van der Waals surface area contributed by atoms with E-state index in [-0.39, 0.29) is 29.6 Å². The van der Waals surface area contributed by atoms with Crippen LogP contribution in [0.15, 0.2) is 36.2 Å². The smallest absolute Gasteiger partial charge is 0.224 e. The van der Waals surface area contributed by atoms with E-state index >= 15 is 0 Å². The summed E-state index contributed by atoms with van der Waals surface area (Å²) in [7, 11) is 0. The van der Waals surface area contributed by atoms with Crippen molar-refractivity contribution < 1.29 is 9.59 Å². The Morgan fingerprint density at radius 2 is 2.04 bits per heavy atom. The Balaban J connectivity index is 1.31. The molecular weight excluding hydrogens is 346 g/mol. The molecule has 2 fully saturated rings. The predicted molar refractivity (Wildman–Crippen MR) is 101 cm³/mol. The van der Waals surface area contributed by atoms with Gasteiger partial charge in [0, 0.05) is 36.8 Å². The third kappa shape index (κ3) is 3.75. The number of ketones is 1. The normalized spacial score (nSPS) is 28.3. The predicted octanol–water partition coefficient (Wildman–Crippen LogP) is 3.53. The molecule has 0 spiro atoms. The molecule has 4 rings (SSSR count). The van der Waals surface area contributed by atoms with Crippen LogP contribution in [0.3, 0.4) is 0 Å². The lowest BCUT2D eigenvalue weighted by molar-refractivity contribution is -0.128. The van der Waals surface area contributed by atoms with E-state index in [0.29, 0.717) is 5.92 Å². The maximum Gasteiger partial charge on any atom is 0.224 e. The number of imidazole rings is 1. The largest absolute Gasteiger partial charge is 0.353 e. The van der Waals surface area contributed by atoms with Crippen LogP contribution in [0.1, 0.15) is 48.2 Å². The zero-order valence-electron chi connectivity index (χ0n) is 14.8. The standard InChI is InChI=1S/C20H25N3O2S/c24-19(18-6-3-9-26-18)16-4-1-2-5-17(16)20(25)22-15-10-14(11-15)12-23-8-7-21-13-23/h3,6-9,13-17H,1-2,4-5,10-12H2,(H,22,25)/t14?,15?,16-,17+/m0/s1. The molecule has 0 aromatic carbocycles. The Bertz CT molecular complexity index is 735. The second-order valence-electron chi connectivity index (χ2n) is 7.64. The van der Waals surface area contributed by atoms with Gasteiger partial charge in [0.25, 0.3) is 0 Å². The molecule has 1 amide bonds. The second-order valence-corrected chi connectivity index (χ2v) is 8.59. The van der Waals surface area contributed by atoms with Crippen LogP contribution < -0.4 is 5.32 Å². The van der Waals surface area contributed by atoms with E-state index in [0.717, 1.165) is 49.9 Å². The van der Waals surface area contributed by atoms with Crippen molar-refractivity contribution in [3.63, 3.8) is 0 Å². The van der Waals surface area contributed by atoms with Crippen LogP contribution in [-0.2, 0) is 11.3 Å². The molecule has 6 heteroatoms. The summed E-state index contributed by atoms with van der Waals surface area (Å²) < 4.78 is 2.10. The highest BCUT2D eigenvalue weighted by molar-refractivity contribution is 7.12. The fourth-order valence-electron chi connectivity index (χ4n) is 4.36. The summed E-state index contributed by atoms with van der Waals surface area (Å²) in [6.45, 7) is 0.968. The first-order chi connectivity index (χ1) is 12.7. The summed E-state index contributed by atoms with van der Waals surface area (Å²) in [6, 6.07) is 4.05. The minimum atomic E-state index is -0.161. The highest BCUT2D eigenvalue weighted by atomic mass is 32.1. The quantitative estimate of drug-likeness (QED) is 0.790. The Kier molecular flexibility index (Phi) is 5.20. The summed E-state index contributed by atoms with van der Waals surface area (Å²) >= 11 is 1.48. The molecule has 2 aliphatic carbocycles. The average Bonchev–Trinajstić information content (AvgIpc) is 3.33. The molecule has 2 heterocycles. The van der Waals surface area contributed by atoms with Gasteiger partial charge in [-0.3, -0.25) is 9.59 Å². The molecular formula is C20H25N3O2S. The fourth-order valence-corrected chi connectivity index (χ4v) is 5.09. The summed E-state index contributed by atoms with van der Waals surface area (Å²) in [5.74, 6) is 0.539. The van der Waals surface area contributed by atoms with Crippen LogP contribution in [0.25, 0.3) is 0 Å². The number of Topliss-reactive ketones (excluding diaryl/α,β-unsaturated/α-hetero) is 1. The van der Waals surface area contributed by atoms with Crippen molar-refractivity contribution in [1.82, 2.24) is 14.9 Å². The Morgan fingerprint density at radius 1 is 1.23 bits per heavy atom. The number of hydrogen-bond acceptors (Lipinski definition) is 4. The van der Waals surface area contributed by atoms with Gasteiger partial charge < -0.3 is 9.88 Å². The van der Waals surface area contributed by atoms with Crippen molar-refractivity contribution in [2.75, 3.05) is 0 Å². The summed E-state index contributed by atoms with van der Waals surface area (Å²) in [5, 5.41) is 5.14. The molecule has 1 N–H and O–H groups in total. The number of carbonyl (C=O) groups is 2. The molecule has 2 aromatic heterocycles. The molecule has 2 saturated carbocycles. The van der Waals surface area contributed by atoms with E-state index in [2.05, 4.69) is 14.9 Å². The van der Waals surface area contributed by atoms with E-state index in [9.17, 15) is 9.59 Å². The zero-order chi connectivity index (χ0) is 17.9. The van der Waals surface area contributed by atoms with Gasteiger partial charge >= 0.3 is 0 Å². The van der Waals surface area contributed by atoms with Crippen molar-refractivity contribution in [2.24, 2.45) is 17.8 Å². The van der Waals surface area contributed by atoms with Gasteiger partial charge in [-0.15, -0.1) is 11.3 Å². The van der Waals surface area contributed by atoms with Gasteiger partial charge in [-0.1, -0.05) is 18.9 Å². The van der Waals surface area contributed by atoms with Gasteiger partial charge in [-0.25, -0.2) is 4.98 Å². The van der Waals surface area contributed by atoms with E-state index in [1.54, 1.807) is 6.20 Å². The Hall–Kier alpha value is -1.95. The first-order valence-corrected chi connectivity index (χ1v) is 10.4. The molecule has 0 bridgehead atoms. The van der Waals surface area contributed by atoms with Crippen LogP contribution in [0.5, 0.6) is 0 Å². The number of nitrogens with zero attached hydrogens (tertiary/aromatic N) is 2. The molecule has 0 radical (unpaired) electrons. The van der Waals surface area contributed by atoms with Gasteiger partial charge in [0.2, 0.25) is 5.91 Å². The number of nitrogens with one attached hydrogen (secondary N) is 1. The van der Waals surface area contributed by atoms with Crippen molar-refractivity contribution in [3.8, 4) is 0 Å². The van der Waals surface area contributed by atoms with Crippen molar-refractivity contribution in [3.05, 3.63) is 41.1 Å². The lowest BCUT2D eigenvalue weighted by atomic mass is 9.75. The van der Waals surface area contributed by atoms with Crippen LogP contribution in [0, 0.1) is 17.8 Å². The zero-order valence-corrected chi connectivity index (χ0v) is 15.7. The molecule has 0 saturated heterocycles. The van der Waals surface area contributed by atoms with Crippen LogP contribution in [-0.4, -0.2) is 27.3 Å². The van der Waals surface area contributed by atoms with Gasteiger partial charge in [0.15, 0.2) is 5.78 Å². The van der Waals surface area contributed by atoms with Crippen molar-refractivity contribution in [2.45, 2.75) is 51.1 Å². The van der Waals surface area contributed by atoms with E-state index in [1.807, 2.05) is 30.0 Å². The van der Waals surface area contributed by atoms with Crippen LogP contribution in [0.2, 0.25) is 0 Å². The minimum absolute atomic E-state index is 0.0886. The molecule has 138 valence electrons. The first-order valence-electron chi connectivity index (χ1n) is 9.54. The number of amides is 1. The van der Waals surface area contributed by atoms with E-state index in [1.165, 1.54) is 11.3 Å². The van der Waals surface area contributed by atoms with Gasteiger partial charge in [-0.2, -0.15) is 0 Å². The van der Waals surface area contributed by atoms with E-state index < -0.39 is 0 Å². The maximum absolute atomic E-state index is 12.8. The minimum Gasteiger partial charge on any atom is -0.353 e. The van der Waals surface area contributed by atoms with Crippen LogP contribution in [0.4, 0.5) is 0 Å². The van der Waals surface area contributed by atoms with Crippen LogP contribution >= 0.6 is 11.3 Å². The van der Waals surface area contributed by atoms with Gasteiger partial charge in [0.05, 0.1) is 11.2 Å². The maximum atomic E-state index is 12.8. The topological polar surface area (TPSA) is 64.0 Å². The van der Waals surface area contributed by atoms with Gasteiger partial charge in [-0.05, 0) is 43.0 Å². The molecule has 26 heavy (non-hydrogen) atoms. The Labute approximate surface area is 157 Å². The summed E-state index contributed by atoms with van der Waals surface area (Å²) in [5.41, 5.74) is 0.